The van der Waals surface area contributed by atoms with Crippen molar-refractivity contribution in [2.24, 2.45) is 0 Å². The lowest BCUT2D eigenvalue weighted by Crippen LogP contribution is -2.32. The Labute approximate surface area is 150 Å². The monoisotopic (exact) mass is 353 g/mol. The van der Waals surface area contributed by atoms with Gasteiger partial charge in [-0.15, -0.1) is 11.8 Å². The molecular weight excluding hydrogens is 334 g/mol. The Kier molecular flexibility index (Phi) is 5.19. The molecule has 0 aliphatic rings. The third-order valence-electron chi connectivity index (χ3n) is 3.77. The molecule has 25 heavy (non-hydrogen) atoms. The summed E-state index contributed by atoms with van der Waals surface area (Å²) < 4.78 is 1.41. The predicted molar refractivity (Wildman–Crippen MR) is 100 cm³/mol. The molecular formula is C19H19N3O2S. The fraction of sp³-hybridized carbons (Fsp3) is 0.211. The topological polar surface area (TPSA) is 63.5 Å². The van der Waals surface area contributed by atoms with E-state index >= 15 is 0 Å². The highest BCUT2D eigenvalue weighted by Gasteiger charge is 2.12. The van der Waals surface area contributed by atoms with Crippen LogP contribution in [0.4, 0.5) is 0 Å². The largest absolute Gasteiger partial charge is 0.351 e. The highest BCUT2D eigenvalue weighted by molar-refractivity contribution is 7.99. The van der Waals surface area contributed by atoms with Crippen LogP contribution in [0.25, 0.3) is 5.65 Å². The molecule has 6 heteroatoms. The number of fused-ring (bicyclic) bond motifs is 1. The lowest BCUT2D eigenvalue weighted by atomic mass is 10.2. The van der Waals surface area contributed by atoms with Crippen LogP contribution in [0.1, 0.15) is 21.5 Å². The molecule has 0 saturated heterocycles. The van der Waals surface area contributed by atoms with E-state index in [0.717, 1.165) is 16.2 Å². The van der Waals surface area contributed by atoms with Gasteiger partial charge in [-0.25, -0.2) is 4.98 Å². The Balaban J connectivity index is 1.63. The molecule has 2 aromatic heterocycles. The summed E-state index contributed by atoms with van der Waals surface area (Å²) in [5.74, 6) is 0.342. The van der Waals surface area contributed by atoms with Gasteiger partial charge < -0.3 is 5.32 Å². The maximum absolute atomic E-state index is 12.5. The van der Waals surface area contributed by atoms with E-state index in [2.05, 4.69) is 34.6 Å². The lowest BCUT2D eigenvalue weighted by Gasteiger charge is -2.07. The number of aryl methyl sites for hydroxylation is 2. The maximum atomic E-state index is 12.5. The molecule has 128 valence electrons. The van der Waals surface area contributed by atoms with Gasteiger partial charge in [-0.1, -0.05) is 23.8 Å². The Morgan fingerprint density at radius 2 is 1.84 bits per heavy atom. The minimum Gasteiger partial charge on any atom is -0.351 e. The number of nitrogens with one attached hydrogen (secondary N) is 1. The van der Waals surface area contributed by atoms with Crippen LogP contribution in [-0.4, -0.2) is 27.6 Å². The summed E-state index contributed by atoms with van der Waals surface area (Å²) in [5, 5.41) is 2.79. The van der Waals surface area contributed by atoms with Crippen molar-refractivity contribution in [3.63, 3.8) is 0 Å². The number of aromatic nitrogens is 2. The number of thioether (sulfide) groups is 1. The molecule has 3 aromatic rings. The van der Waals surface area contributed by atoms with E-state index in [4.69, 9.17) is 0 Å². The van der Waals surface area contributed by atoms with Gasteiger partial charge in [0, 0.05) is 29.6 Å². The van der Waals surface area contributed by atoms with E-state index in [1.807, 2.05) is 19.9 Å². The highest BCUT2D eigenvalue weighted by Crippen LogP contribution is 2.17. The Hall–Kier alpha value is -2.60. The summed E-state index contributed by atoms with van der Waals surface area (Å²) in [6.07, 6.45) is 3.03. The Morgan fingerprint density at radius 3 is 2.60 bits per heavy atom. The smallest absolute Gasteiger partial charge is 0.270 e. The minimum atomic E-state index is -0.391. The van der Waals surface area contributed by atoms with Gasteiger partial charge in [0.05, 0.1) is 0 Å². The second kappa shape index (κ2) is 7.53. The first-order valence-corrected chi connectivity index (χ1v) is 8.99. The van der Waals surface area contributed by atoms with Crippen molar-refractivity contribution >= 4 is 23.3 Å². The molecule has 1 amide bonds. The van der Waals surface area contributed by atoms with E-state index in [1.54, 1.807) is 24.0 Å². The number of nitrogens with zero attached hydrogens (tertiary/aromatic N) is 2. The number of hydrogen-bond donors (Lipinski definition) is 1. The van der Waals surface area contributed by atoms with Crippen LogP contribution in [0, 0.1) is 13.8 Å². The maximum Gasteiger partial charge on any atom is 0.270 e. The molecule has 3 rings (SSSR count). The average molecular weight is 353 g/mol. The van der Waals surface area contributed by atoms with Crippen LogP contribution in [0.3, 0.4) is 0 Å². The van der Waals surface area contributed by atoms with Gasteiger partial charge in [-0.3, -0.25) is 14.0 Å². The summed E-state index contributed by atoms with van der Waals surface area (Å²) in [4.78, 5) is 30.1. The van der Waals surface area contributed by atoms with Crippen LogP contribution >= 0.6 is 11.8 Å². The normalized spacial score (nSPS) is 10.8. The molecule has 5 nitrogen and oxygen atoms in total. The number of amides is 1. The van der Waals surface area contributed by atoms with Crippen LogP contribution in [0.2, 0.25) is 0 Å². The zero-order valence-corrected chi connectivity index (χ0v) is 15.0. The number of carbonyl (C=O) groups excluding carboxylic acids is 1. The van der Waals surface area contributed by atoms with Gasteiger partial charge in [-0.05, 0) is 37.6 Å². The van der Waals surface area contributed by atoms with Gasteiger partial charge in [0.15, 0.2) is 0 Å². The van der Waals surface area contributed by atoms with Crippen LogP contribution < -0.4 is 10.9 Å². The molecule has 0 bridgehead atoms. The molecule has 0 aliphatic carbocycles. The van der Waals surface area contributed by atoms with Gasteiger partial charge >= 0.3 is 0 Å². The predicted octanol–water partition coefficient (Wildman–Crippen LogP) is 2.83. The lowest BCUT2D eigenvalue weighted by molar-refractivity contribution is 0.0954. The van der Waals surface area contributed by atoms with Crippen molar-refractivity contribution in [1.29, 1.82) is 0 Å². The first kappa shape index (κ1) is 17.2. The molecule has 0 atom stereocenters. The van der Waals surface area contributed by atoms with E-state index < -0.39 is 5.91 Å². The van der Waals surface area contributed by atoms with Gasteiger partial charge in [-0.2, -0.15) is 0 Å². The van der Waals surface area contributed by atoms with Crippen molar-refractivity contribution < 1.29 is 4.79 Å². The molecule has 1 N–H and O–H groups in total. The van der Waals surface area contributed by atoms with E-state index in [1.165, 1.54) is 16.2 Å². The summed E-state index contributed by atoms with van der Waals surface area (Å²) >= 11 is 1.66. The second-order valence-corrected chi connectivity index (χ2v) is 7.00. The third kappa shape index (κ3) is 4.09. The van der Waals surface area contributed by atoms with Crippen LogP contribution in [0.15, 0.2) is 58.5 Å². The fourth-order valence-corrected chi connectivity index (χ4v) is 3.17. The summed E-state index contributed by atoms with van der Waals surface area (Å²) in [6.45, 7) is 4.42. The molecule has 1 aromatic carbocycles. The van der Waals surface area contributed by atoms with E-state index in [0.29, 0.717) is 12.2 Å². The second-order valence-electron chi connectivity index (χ2n) is 5.83. The summed E-state index contributed by atoms with van der Waals surface area (Å²) in [5.41, 5.74) is 2.39. The fourth-order valence-electron chi connectivity index (χ4n) is 2.40. The number of pyridine rings is 1. The zero-order valence-electron chi connectivity index (χ0n) is 14.2. The van der Waals surface area contributed by atoms with Crippen molar-refractivity contribution in [2.45, 2.75) is 18.7 Å². The third-order valence-corrected chi connectivity index (χ3v) is 4.79. The highest BCUT2D eigenvalue weighted by atomic mass is 32.2. The quantitative estimate of drug-likeness (QED) is 0.566. The molecule has 0 radical (unpaired) electrons. The molecule has 0 fully saturated rings. The first-order chi connectivity index (χ1) is 12.0. The molecule has 0 unspecified atom stereocenters. The van der Waals surface area contributed by atoms with Crippen molar-refractivity contribution in [3.05, 3.63) is 75.8 Å². The molecule has 2 heterocycles. The Bertz CT molecular complexity index is 965. The van der Waals surface area contributed by atoms with Gasteiger partial charge in [0.1, 0.15) is 11.2 Å². The van der Waals surface area contributed by atoms with Gasteiger partial charge in [0.2, 0.25) is 0 Å². The summed E-state index contributed by atoms with van der Waals surface area (Å²) in [7, 11) is 0. The van der Waals surface area contributed by atoms with Crippen LogP contribution in [0.5, 0.6) is 0 Å². The van der Waals surface area contributed by atoms with Crippen molar-refractivity contribution in [1.82, 2.24) is 14.7 Å². The number of rotatable bonds is 5. The number of hydrogen-bond acceptors (Lipinski definition) is 4. The zero-order chi connectivity index (χ0) is 17.8. The minimum absolute atomic E-state index is 0.0587. The average Bonchev–Trinajstić information content (AvgIpc) is 2.61. The standard InChI is InChI=1S/C19H19N3O2S/c1-13-3-6-15(7-4-13)25-10-9-20-18(23)16-11-21-17-8-5-14(2)12-22(17)19(16)24/h3-8,11-12H,9-10H2,1-2H3,(H,20,23). The summed E-state index contributed by atoms with van der Waals surface area (Å²) in [6, 6.07) is 11.9. The van der Waals surface area contributed by atoms with E-state index in [9.17, 15) is 9.59 Å². The van der Waals surface area contributed by atoms with Crippen LogP contribution in [-0.2, 0) is 0 Å². The molecule has 0 aliphatic heterocycles. The van der Waals surface area contributed by atoms with Gasteiger partial charge in [0.25, 0.3) is 11.5 Å². The molecule has 0 saturated carbocycles. The van der Waals surface area contributed by atoms with Crippen molar-refractivity contribution in [3.8, 4) is 0 Å². The van der Waals surface area contributed by atoms with Crippen molar-refractivity contribution in [2.75, 3.05) is 12.3 Å². The SMILES string of the molecule is Cc1ccc(SCCNC(=O)c2cnc3ccc(C)cn3c2=O)cc1. The molecule has 0 spiro atoms. The van der Waals surface area contributed by atoms with E-state index in [-0.39, 0.29) is 11.1 Å². The number of benzene rings is 1. The number of carbonyl (C=O) groups is 1. The Morgan fingerprint density at radius 1 is 1.12 bits per heavy atom. The first-order valence-electron chi connectivity index (χ1n) is 8.00.